The monoisotopic (exact) mass is 346 g/mol. The Morgan fingerprint density at radius 1 is 0.885 bits per heavy atom. The number of nitrogens with zero attached hydrogens (tertiary/aromatic N) is 3. The van der Waals surface area contributed by atoms with Gasteiger partial charge in [-0.05, 0) is 36.5 Å². The number of hydrogen-bond acceptors (Lipinski definition) is 3. The molecular formula is C22H26N4. The first kappa shape index (κ1) is 16.0. The van der Waals surface area contributed by atoms with Crippen LogP contribution in [0.3, 0.4) is 0 Å². The maximum absolute atomic E-state index is 4.80. The molecule has 0 spiro atoms. The minimum absolute atomic E-state index is 0.644. The van der Waals surface area contributed by atoms with Gasteiger partial charge in [-0.25, -0.2) is 4.98 Å². The fraction of sp³-hybridized carbons (Fsp3) is 0.409. The van der Waals surface area contributed by atoms with E-state index in [4.69, 9.17) is 4.98 Å². The molecule has 1 N–H and O–H groups in total. The molecule has 4 heterocycles. The number of hydrogen-bond donors (Lipinski definition) is 1. The summed E-state index contributed by atoms with van der Waals surface area (Å²) in [6.07, 6.45) is 2.68. The third-order valence-electron chi connectivity index (χ3n) is 5.94. The van der Waals surface area contributed by atoms with Crippen LogP contribution in [0.1, 0.15) is 24.2 Å². The lowest BCUT2D eigenvalue weighted by atomic mass is 9.95. The highest BCUT2D eigenvalue weighted by atomic mass is 15.3. The second kappa shape index (κ2) is 6.86. The van der Waals surface area contributed by atoms with Gasteiger partial charge in [0.1, 0.15) is 5.82 Å². The molecule has 26 heavy (non-hydrogen) atoms. The van der Waals surface area contributed by atoms with E-state index in [-0.39, 0.29) is 0 Å². The molecule has 3 aliphatic rings. The minimum Gasteiger partial charge on any atom is -0.341 e. The van der Waals surface area contributed by atoms with Crippen molar-refractivity contribution in [3.05, 3.63) is 66.0 Å². The molecule has 0 saturated carbocycles. The van der Waals surface area contributed by atoms with Crippen molar-refractivity contribution in [3.8, 4) is 0 Å². The first-order valence-electron chi connectivity index (χ1n) is 9.77. The number of fused-ring (bicyclic) bond motifs is 5. The average molecular weight is 346 g/mol. The number of aromatic amines is 1. The number of aromatic nitrogens is 2. The third kappa shape index (κ3) is 3.27. The second-order valence-electron chi connectivity index (χ2n) is 7.91. The topological polar surface area (TPSA) is 35.2 Å². The van der Waals surface area contributed by atoms with Gasteiger partial charge in [0, 0.05) is 32.2 Å². The second-order valence-corrected chi connectivity index (χ2v) is 7.91. The highest BCUT2D eigenvalue weighted by Crippen LogP contribution is 2.30. The van der Waals surface area contributed by atoms with E-state index in [9.17, 15) is 0 Å². The lowest BCUT2D eigenvalue weighted by molar-refractivity contribution is 0.120. The first-order valence-corrected chi connectivity index (χ1v) is 9.77. The van der Waals surface area contributed by atoms with Crippen molar-refractivity contribution >= 4 is 11.0 Å². The molecule has 2 bridgehead atoms. The number of rotatable bonds is 4. The Bertz CT molecular complexity index is 839. The molecule has 3 fully saturated rings. The molecule has 0 radical (unpaired) electrons. The fourth-order valence-corrected chi connectivity index (χ4v) is 4.71. The quantitative estimate of drug-likeness (QED) is 0.783. The number of nitrogens with one attached hydrogen (secondary N) is 1. The van der Waals surface area contributed by atoms with Gasteiger partial charge in [0.15, 0.2) is 0 Å². The Kier molecular flexibility index (Phi) is 4.23. The van der Waals surface area contributed by atoms with Crippen molar-refractivity contribution in [1.82, 2.24) is 19.8 Å². The molecule has 0 amide bonds. The highest BCUT2D eigenvalue weighted by Gasteiger charge is 2.34. The predicted molar refractivity (Wildman–Crippen MR) is 105 cm³/mol. The summed E-state index contributed by atoms with van der Waals surface area (Å²) >= 11 is 0. The van der Waals surface area contributed by atoms with E-state index >= 15 is 0 Å². The Labute approximate surface area is 154 Å². The number of piperidine rings is 1. The molecule has 4 nitrogen and oxygen atoms in total. The normalized spacial score (nSPS) is 24.2. The third-order valence-corrected chi connectivity index (χ3v) is 5.94. The predicted octanol–water partition coefficient (Wildman–Crippen LogP) is 3.66. The summed E-state index contributed by atoms with van der Waals surface area (Å²) in [5.74, 6) is 1.88. The smallest absolute Gasteiger partial charge is 0.121 e. The standard InChI is InChI=1S/C22H26N4/c1-2-6-17(7-3-1)12-25-13-18-10-11-19(15-25)26(14-18)16-22-23-20-8-4-5-9-21(20)24-22/h1-9,18-19H,10-16H2,(H,23,24)/t18-,19+/m1/s1. The molecule has 1 aromatic heterocycles. The lowest BCUT2D eigenvalue weighted by Crippen LogP contribution is -2.43. The summed E-state index contributed by atoms with van der Waals surface area (Å²) in [5.41, 5.74) is 3.65. The van der Waals surface area contributed by atoms with Crippen molar-refractivity contribution in [2.24, 2.45) is 5.92 Å². The van der Waals surface area contributed by atoms with Crippen molar-refractivity contribution in [3.63, 3.8) is 0 Å². The van der Waals surface area contributed by atoms with Crippen LogP contribution in [0, 0.1) is 5.92 Å². The van der Waals surface area contributed by atoms with Crippen LogP contribution in [-0.2, 0) is 13.1 Å². The van der Waals surface area contributed by atoms with E-state index < -0.39 is 0 Å². The zero-order chi connectivity index (χ0) is 17.3. The highest BCUT2D eigenvalue weighted by molar-refractivity contribution is 5.74. The maximum Gasteiger partial charge on any atom is 0.121 e. The van der Waals surface area contributed by atoms with E-state index in [2.05, 4.69) is 69.4 Å². The molecule has 0 aliphatic carbocycles. The van der Waals surface area contributed by atoms with Crippen LogP contribution in [0.2, 0.25) is 0 Å². The van der Waals surface area contributed by atoms with Crippen LogP contribution in [0.4, 0.5) is 0 Å². The largest absolute Gasteiger partial charge is 0.341 e. The van der Waals surface area contributed by atoms with Crippen LogP contribution in [0.25, 0.3) is 11.0 Å². The molecule has 3 saturated heterocycles. The van der Waals surface area contributed by atoms with E-state index in [0.29, 0.717) is 6.04 Å². The molecule has 134 valence electrons. The maximum atomic E-state index is 4.80. The van der Waals surface area contributed by atoms with Crippen LogP contribution in [-0.4, -0.2) is 45.4 Å². The summed E-state index contributed by atoms with van der Waals surface area (Å²) in [4.78, 5) is 13.6. The van der Waals surface area contributed by atoms with E-state index in [1.165, 1.54) is 38.0 Å². The number of imidazole rings is 1. The van der Waals surface area contributed by atoms with Crippen molar-refractivity contribution in [2.75, 3.05) is 19.6 Å². The van der Waals surface area contributed by atoms with Gasteiger partial charge in [-0.15, -0.1) is 0 Å². The van der Waals surface area contributed by atoms with Gasteiger partial charge in [-0.3, -0.25) is 9.80 Å². The number of H-pyrrole nitrogens is 1. The Morgan fingerprint density at radius 2 is 1.73 bits per heavy atom. The van der Waals surface area contributed by atoms with Crippen LogP contribution < -0.4 is 0 Å². The Hall–Kier alpha value is -2.17. The van der Waals surface area contributed by atoms with Gasteiger partial charge in [0.05, 0.1) is 17.6 Å². The summed E-state index contributed by atoms with van der Waals surface area (Å²) in [5, 5.41) is 0. The van der Waals surface area contributed by atoms with Gasteiger partial charge >= 0.3 is 0 Å². The van der Waals surface area contributed by atoms with Crippen LogP contribution >= 0.6 is 0 Å². The van der Waals surface area contributed by atoms with E-state index in [0.717, 1.165) is 35.9 Å². The Morgan fingerprint density at radius 3 is 2.62 bits per heavy atom. The molecular weight excluding hydrogens is 320 g/mol. The Balaban J connectivity index is 1.30. The lowest BCUT2D eigenvalue weighted by Gasteiger charge is -2.35. The van der Waals surface area contributed by atoms with Crippen molar-refractivity contribution < 1.29 is 0 Å². The summed E-state index contributed by atoms with van der Waals surface area (Å²) < 4.78 is 0. The van der Waals surface area contributed by atoms with Crippen LogP contribution in [0.5, 0.6) is 0 Å². The van der Waals surface area contributed by atoms with Crippen LogP contribution in [0.15, 0.2) is 54.6 Å². The average Bonchev–Trinajstić information content (AvgIpc) is 2.87. The zero-order valence-electron chi connectivity index (χ0n) is 15.1. The molecule has 2 atom stereocenters. The van der Waals surface area contributed by atoms with Gasteiger partial charge in [-0.2, -0.15) is 0 Å². The van der Waals surface area contributed by atoms with Crippen molar-refractivity contribution in [1.29, 1.82) is 0 Å². The SMILES string of the molecule is c1ccc(CN2C[C@H]3CC[C@@H](C2)N(Cc2nc4ccccc4[nH]2)C3)cc1. The van der Waals surface area contributed by atoms with E-state index in [1.807, 2.05) is 0 Å². The van der Waals surface area contributed by atoms with E-state index in [1.54, 1.807) is 0 Å². The summed E-state index contributed by atoms with van der Waals surface area (Å²) in [7, 11) is 0. The van der Waals surface area contributed by atoms with Gasteiger partial charge in [-0.1, -0.05) is 42.5 Å². The molecule has 6 rings (SSSR count). The first-order chi connectivity index (χ1) is 12.8. The molecule has 2 aromatic carbocycles. The summed E-state index contributed by atoms with van der Waals surface area (Å²) in [6.45, 7) is 5.61. The molecule has 0 unspecified atom stereocenters. The van der Waals surface area contributed by atoms with Gasteiger partial charge in [0.2, 0.25) is 0 Å². The minimum atomic E-state index is 0.644. The number of benzene rings is 2. The fourth-order valence-electron chi connectivity index (χ4n) is 4.71. The molecule has 4 heteroatoms. The molecule has 3 aliphatic heterocycles. The zero-order valence-corrected chi connectivity index (χ0v) is 15.1. The van der Waals surface area contributed by atoms with Crippen molar-refractivity contribution in [2.45, 2.75) is 32.0 Å². The number of para-hydroxylation sites is 2. The molecule has 3 aromatic rings. The summed E-state index contributed by atoms with van der Waals surface area (Å²) in [6, 6.07) is 19.9. The van der Waals surface area contributed by atoms with Gasteiger partial charge in [0.25, 0.3) is 0 Å². The van der Waals surface area contributed by atoms with Gasteiger partial charge < -0.3 is 4.98 Å².